The largest absolute Gasteiger partial charge is 0.478 e. The minimum atomic E-state index is -1.01. The van der Waals surface area contributed by atoms with Crippen molar-refractivity contribution in [3.8, 4) is 0 Å². The standard InChI is InChI=1S/C14H19ClN2O2/c1-17(9-10-5-3-2-4-6-10)13-12(15)11(14(18)19)7-8-16-13/h7-8,10H,2-6,9H2,1H3,(H,18,19). The van der Waals surface area contributed by atoms with Crippen molar-refractivity contribution < 1.29 is 9.90 Å². The van der Waals surface area contributed by atoms with Gasteiger partial charge in [-0.15, -0.1) is 0 Å². The van der Waals surface area contributed by atoms with E-state index in [-0.39, 0.29) is 10.6 Å². The highest BCUT2D eigenvalue weighted by atomic mass is 35.5. The maximum atomic E-state index is 11.1. The quantitative estimate of drug-likeness (QED) is 0.919. The fourth-order valence-electron chi connectivity index (χ4n) is 2.71. The van der Waals surface area contributed by atoms with Crippen molar-refractivity contribution in [3.63, 3.8) is 0 Å². The summed E-state index contributed by atoms with van der Waals surface area (Å²) in [6.07, 6.45) is 7.88. The molecule has 104 valence electrons. The molecule has 0 amide bonds. The maximum absolute atomic E-state index is 11.1. The van der Waals surface area contributed by atoms with E-state index in [1.165, 1.54) is 44.4 Å². The summed E-state index contributed by atoms with van der Waals surface area (Å²) in [5, 5.41) is 9.29. The molecule has 5 heteroatoms. The number of hydrogen-bond acceptors (Lipinski definition) is 3. The van der Waals surface area contributed by atoms with Crippen LogP contribution in [-0.4, -0.2) is 29.7 Å². The molecule has 0 unspecified atom stereocenters. The number of carboxylic acid groups (broad SMARTS) is 1. The van der Waals surface area contributed by atoms with E-state index in [2.05, 4.69) is 4.98 Å². The Hall–Kier alpha value is -1.29. The van der Waals surface area contributed by atoms with Crippen LogP contribution in [0.25, 0.3) is 0 Å². The SMILES string of the molecule is CN(CC1CCCCC1)c1nccc(C(=O)O)c1Cl. The molecule has 0 bridgehead atoms. The van der Waals surface area contributed by atoms with E-state index in [1.807, 2.05) is 11.9 Å². The van der Waals surface area contributed by atoms with E-state index in [0.717, 1.165) is 6.54 Å². The first-order valence-corrected chi connectivity index (χ1v) is 7.06. The van der Waals surface area contributed by atoms with Gasteiger partial charge in [-0.05, 0) is 24.8 Å². The Labute approximate surface area is 118 Å². The summed E-state index contributed by atoms with van der Waals surface area (Å²) >= 11 is 6.13. The minimum absolute atomic E-state index is 0.113. The van der Waals surface area contributed by atoms with Crippen LogP contribution in [0.4, 0.5) is 5.82 Å². The number of aromatic nitrogens is 1. The van der Waals surface area contributed by atoms with Gasteiger partial charge in [0.05, 0.1) is 10.6 Å². The van der Waals surface area contributed by atoms with Gasteiger partial charge >= 0.3 is 5.97 Å². The van der Waals surface area contributed by atoms with E-state index < -0.39 is 5.97 Å². The molecule has 0 spiro atoms. The Balaban J connectivity index is 2.12. The summed E-state index contributed by atoms with van der Waals surface area (Å²) in [7, 11) is 1.93. The van der Waals surface area contributed by atoms with Crippen molar-refractivity contribution in [1.82, 2.24) is 4.98 Å². The molecule has 1 fully saturated rings. The lowest BCUT2D eigenvalue weighted by Gasteiger charge is -2.28. The summed E-state index contributed by atoms with van der Waals surface area (Å²) in [4.78, 5) is 17.3. The zero-order chi connectivity index (χ0) is 13.8. The van der Waals surface area contributed by atoms with Crippen molar-refractivity contribution in [1.29, 1.82) is 0 Å². The van der Waals surface area contributed by atoms with Gasteiger partial charge < -0.3 is 10.0 Å². The Kier molecular flexibility index (Phi) is 4.64. The van der Waals surface area contributed by atoms with Crippen molar-refractivity contribution in [2.75, 3.05) is 18.5 Å². The fraction of sp³-hybridized carbons (Fsp3) is 0.571. The van der Waals surface area contributed by atoms with Crippen LogP contribution in [0.2, 0.25) is 5.02 Å². The Morgan fingerprint density at radius 1 is 1.47 bits per heavy atom. The highest BCUT2D eigenvalue weighted by molar-refractivity contribution is 6.35. The van der Waals surface area contributed by atoms with Crippen molar-refractivity contribution in [3.05, 3.63) is 22.8 Å². The number of carboxylic acids is 1. The molecule has 0 aromatic carbocycles. The number of nitrogens with zero attached hydrogens (tertiary/aromatic N) is 2. The van der Waals surface area contributed by atoms with Crippen molar-refractivity contribution in [2.24, 2.45) is 5.92 Å². The number of pyridine rings is 1. The lowest BCUT2D eigenvalue weighted by Crippen LogP contribution is -2.28. The molecule has 1 aromatic heterocycles. The molecule has 1 aliphatic carbocycles. The van der Waals surface area contributed by atoms with E-state index in [9.17, 15) is 4.79 Å². The molecule has 0 saturated heterocycles. The Morgan fingerprint density at radius 3 is 2.79 bits per heavy atom. The lowest BCUT2D eigenvalue weighted by atomic mass is 9.89. The molecular weight excluding hydrogens is 264 g/mol. The second-order valence-electron chi connectivity index (χ2n) is 5.19. The second kappa shape index (κ2) is 6.24. The van der Waals surface area contributed by atoms with Crippen LogP contribution >= 0.6 is 11.6 Å². The topological polar surface area (TPSA) is 53.4 Å². The Morgan fingerprint density at radius 2 is 2.16 bits per heavy atom. The zero-order valence-electron chi connectivity index (χ0n) is 11.1. The molecule has 1 aliphatic rings. The number of carbonyl (C=O) groups is 1. The molecule has 2 rings (SSSR count). The molecule has 4 nitrogen and oxygen atoms in total. The van der Waals surface area contributed by atoms with Gasteiger partial charge in [-0.3, -0.25) is 0 Å². The van der Waals surface area contributed by atoms with E-state index in [0.29, 0.717) is 11.7 Å². The van der Waals surface area contributed by atoms with E-state index >= 15 is 0 Å². The number of aromatic carboxylic acids is 1. The molecule has 19 heavy (non-hydrogen) atoms. The van der Waals surface area contributed by atoms with E-state index in [4.69, 9.17) is 16.7 Å². The lowest BCUT2D eigenvalue weighted by molar-refractivity contribution is 0.0697. The second-order valence-corrected chi connectivity index (χ2v) is 5.56. The van der Waals surface area contributed by atoms with Crippen molar-refractivity contribution >= 4 is 23.4 Å². The predicted molar refractivity (Wildman–Crippen MR) is 76.1 cm³/mol. The molecular formula is C14H19ClN2O2. The highest BCUT2D eigenvalue weighted by Crippen LogP contribution is 2.29. The summed E-state index contributed by atoms with van der Waals surface area (Å²) in [6.45, 7) is 0.885. The first-order valence-electron chi connectivity index (χ1n) is 6.68. The number of hydrogen-bond donors (Lipinski definition) is 1. The summed E-state index contributed by atoms with van der Waals surface area (Å²) in [6, 6.07) is 1.43. The predicted octanol–water partition coefficient (Wildman–Crippen LogP) is 3.45. The number of rotatable bonds is 4. The normalized spacial score (nSPS) is 16.3. The Bertz CT molecular complexity index is 459. The van der Waals surface area contributed by atoms with Crippen LogP contribution in [0.5, 0.6) is 0 Å². The van der Waals surface area contributed by atoms with E-state index in [1.54, 1.807) is 0 Å². The van der Waals surface area contributed by atoms with Crippen LogP contribution in [-0.2, 0) is 0 Å². The smallest absolute Gasteiger partial charge is 0.337 e. The van der Waals surface area contributed by atoms with Gasteiger partial charge in [0, 0.05) is 19.8 Å². The molecule has 0 radical (unpaired) electrons. The van der Waals surface area contributed by atoms with Gasteiger partial charge in [-0.2, -0.15) is 0 Å². The third kappa shape index (κ3) is 3.38. The zero-order valence-corrected chi connectivity index (χ0v) is 11.9. The van der Waals surface area contributed by atoms with Crippen LogP contribution in [0.15, 0.2) is 12.3 Å². The van der Waals surface area contributed by atoms with Gasteiger partial charge in [0.25, 0.3) is 0 Å². The molecule has 0 aliphatic heterocycles. The average Bonchev–Trinajstić information content (AvgIpc) is 2.39. The third-order valence-electron chi connectivity index (χ3n) is 3.72. The molecule has 1 N–H and O–H groups in total. The van der Waals surface area contributed by atoms with Crippen molar-refractivity contribution in [2.45, 2.75) is 32.1 Å². The fourth-order valence-corrected chi connectivity index (χ4v) is 3.04. The van der Waals surface area contributed by atoms with Crippen LogP contribution < -0.4 is 4.90 Å². The van der Waals surface area contributed by atoms with Crippen LogP contribution in [0, 0.1) is 5.92 Å². The van der Waals surface area contributed by atoms with Gasteiger partial charge in [0.1, 0.15) is 5.82 Å². The average molecular weight is 283 g/mol. The summed E-state index contributed by atoms with van der Waals surface area (Å²) < 4.78 is 0. The monoisotopic (exact) mass is 282 g/mol. The maximum Gasteiger partial charge on any atom is 0.337 e. The molecule has 1 aromatic rings. The van der Waals surface area contributed by atoms with Gasteiger partial charge in [-0.25, -0.2) is 9.78 Å². The number of halogens is 1. The summed E-state index contributed by atoms with van der Waals surface area (Å²) in [5.74, 6) is 0.206. The molecule has 0 atom stereocenters. The van der Waals surface area contributed by atoms with Gasteiger partial charge in [-0.1, -0.05) is 30.9 Å². The first-order chi connectivity index (χ1) is 9.09. The molecule has 1 saturated carbocycles. The highest BCUT2D eigenvalue weighted by Gasteiger charge is 2.20. The number of anilines is 1. The molecule has 1 heterocycles. The summed E-state index contributed by atoms with van der Waals surface area (Å²) in [5.41, 5.74) is 0.113. The van der Waals surface area contributed by atoms with Crippen LogP contribution in [0.3, 0.4) is 0 Å². The van der Waals surface area contributed by atoms with Gasteiger partial charge in [0.2, 0.25) is 0 Å². The van der Waals surface area contributed by atoms with Gasteiger partial charge in [0.15, 0.2) is 0 Å². The minimum Gasteiger partial charge on any atom is -0.478 e. The first kappa shape index (κ1) is 14.1. The third-order valence-corrected chi connectivity index (χ3v) is 4.09. The van der Waals surface area contributed by atoms with Crippen LogP contribution in [0.1, 0.15) is 42.5 Å².